The highest BCUT2D eigenvalue weighted by molar-refractivity contribution is 5.94. The second kappa shape index (κ2) is 11.5. The molecule has 1 heterocycles. The number of carbonyl (C=O) groups is 1. The van der Waals surface area contributed by atoms with Gasteiger partial charge in [-0.15, -0.1) is 0 Å². The third-order valence-corrected chi connectivity index (χ3v) is 4.97. The number of hydrogen-bond donors (Lipinski definition) is 1. The van der Waals surface area contributed by atoms with Gasteiger partial charge in [0.1, 0.15) is 36.3 Å². The molecule has 0 unspecified atom stereocenters. The molecule has 176 valence electrons. The Morgan fingerprint density at radius 2 is 1.57 bits per heavy atom. The minimum Gasteiger partial charge on any atom is -0.489 e. The Hall–Kier alpha value is -4.59. The maximum absolute atomic E-state index is 14.1. The van der Waals surface area contributed by atoms with Crippen LogP contribution in [0, 0.1) is 11.6 Å². The zero-order valence-electron chi connectivity index (χ0n) is 18.5. The van der Waals surface area contributed by atoms with Gasteiger partial charge in [0.25, 0.3) is 5.91 Å². The number of amides is 1. The SMILES string of the molecule is O=C(NN=Cc1ccc(OCc2ccccc2F)cc1OCc1ccccc1F)c1cccnc1. The fourth-order valence-corrected chi connectivity index (χ4v) is 3.11. The van der Waals surface area contributed by atoms with Gasteiger partial charge in [-0.25, -0.2) is 14.2 Å². The number of pyridine rings is 1. The highest BCUT2D eigenvalue weighted by atomic mass is 19.1. The van der Waals surface area contributed by atoms with Crippen LogP contribution in [0.4, 0.5) is 8.78 Å². The molecule has 0 fully saturated rings. The molecule has 6 nitrogen and oxygen atoms in total. The lowest BCUT2D eigenvalue weighted by molar-refractivity contribution is 0.0954. The number of carbonyl (C=O) groups excluding carboxylic acids is 1. The van der Waals surface area contributed by atoms with Gasteiger partial charge in [0.15, 0.2) is 0 Å². The molecule has 0 spiro atoms. The fraction of sp³-hybridized carbons (Fsp3) is 0.0741. The van der Waals surface area contributed by atoms with Gasteiger partial charge in [0, 0.05) is 35.2 Å². The van der Waals surface area contributed by atoms with E-state index in [1.807, 2.05) is 0 Å². The van der Waals surface area contributed by atoms with Gasteiger partial charge in [0.2, 0.25) is 0 Å². The van der Waals surface area contributed by atoms with E-state index in [4.69, 9.17) is 9.47 Å². The molecular formula is C27H21F2N3O3. The average Bonchev–Trinajstić information content (AvgIpc) is 2.89. The summed E-state index contributed by atoms with van der Waals surface area (Å²) in [4.78, 5) is 16.1. The maximum atomic E-state index is 14.1. The minimum atomic E-state index is -0.423. The topological polar surface area (TPSA) is 72.8 Å². The van der Waals surface area contributed by atoms with E-state index in [1.165, 1.54) is 24.5 Å². The van der Waals surface area contributed by atoms with E-state index >= 15 is 0 Å². The van der Waals surface area contributed by atoms with E-state index in [2.05, 4.69) is 15.5 Å². The normalized spacial score (nSPS) is 10.8. The molecule has 0 radical (unpaired) electrons. The number of nitrogens with one attached hydrogen (secondary N) is 1. The second-order valence-electron chi connectivity index (χ2n) is 7.40. The predicted molar refractivity (Wildman–Crippen MR) is 127 cm³/mol. The first kappa shape index (κ1) is 23.6. The Morgan fingerprint density at radius 3 is 2.23 bits per heavy atom. The van der Waals surface area contributed by atoms with Crippen molar-refractivity contribution in [1.29, 1.82) is 0 Å². The van der Waals surface area contributed by atoms with Crippen LogP contribution in [-0.2, 0) is 13.2 Å². The van der Waals surface area contributed by atoms with Gasteiger partial charge in [-0.05, 0) is 36.4 Å². The summed E-state index contributed by atoms with van der Waals surface area (Å²) >= 11 is 0. The number of nitrogens with zero attached hydrogens (tertiary/aromatic N) is 2. The second-order valence-corrected chi connectivity index (χ2v) is 7.40. The molecule has 1 N–H and O–H groups in total. The van der Waals surface area contributed by atoms with E-state index in [0.29, 0.717) is 33.8 Å². The molecular weight excluding hydrogens is 452 g/mol. The molecule has 0 saturated carbocycles. The van der Waals surface area contributed by atoms with E-state index in [9.17, 15) is 13.6 Å². The highest BCUT2D eigenvalue weighted by Gasteiger charge is 2.10. The molecule has 0 saturated heterocycles. The Labute approximate surface area is 200 Å². The molecule has 4 aromatic rings. The van der Waals surface area contributed by atoms with Crippen LogP contribution in [0.5, 0.6) is 11.5 Å². The summed E-state index contributed by atoms with van der Waals surface area (Å²) in [7, 11) is 0. The summed E-state index contributed by atoms with van der Waals surface area (Å²) in [5.41, 5.74) is 4.09. The molecule has 35 heavy (non-hydrogen) atoms. The maximum Gasteiger partial charge on any atom is 0.272 e. The molecule has 3 aromatic carbocycles. The van der Waals surface area contributed by atoms with Crippen LogP contribution in [0.15, 0.2) is 96.4 Å². The van der Waals surface area contributed by atoms with Crippen molar-refractivity contribution in [3.05, 3.63) is 125 Å². The van der Waals surface area contributed by atoms with E-state index in [1.54, 1.807) is 72.9 Å². The molecule has 1 aromatic heterocycles. The van der Waals surface area contributed by atoms with Crippen molar-refractivity contribution in [3.8, 4) is 11.5 Å². The number of hydrazone groups is 1. The van der Waals surface area contributed by atoms with Crippen LogP contribution >= 0.6 is 0 Å². The first-order valence-corrected chi connectivity index (χ1v) is 10.7. The van der Waals surface area contributed by atoms with Crippen LogP contribution in [0.1, 0.15) is 27.0 Å². The van der Waals surface area contributed by atoms with Crippen molar-refractivity contribution in [1.82, 2.24) is 10.4 Å². The number of aromatic nitrogens is 1. The summed E-state index contributed by atoms with van der Waals surface area (Å²) < 4.78 is 39.5. The number of hydrogen-bond acceptors (Lipinski definition) is 5. The average molecular weight is 473 g/mol. The first-order chi connectivity index (χ1) is 17.1. The van der Waals surface area contributed by atoms with Crippen molar-refractivity contribution in [2.24, 2.45) is 5.10 Å². The molecule has 0 aliphatic heterocycles. The van der Waals surface area contributed by atoms with Gasteiger partial charge < -0.3 is 9.47 Å². The van der Waals surface area contributed by atoms with Crippen LogP contribution in [0.3, 0.4) is 0 Å². The lowest BCUT2D eigenvalue weighted by Gasteiger charge is -2.13. The van der Waals surface area contributed by atoms with E-state index < -0.39 is 11.7 Å². The van der Waals surface area contributed by atoms with Crippen molar-refractivity contribution in [3.63, 3.8) is 0 Å². The fourth-order valence-electron chi connectivity index (χ4n) is 3.11. The number of rotatable bonds is 9. The quantitative estimate of drug-likeness (QED) is 0.265. The van der Waals surface area contributed by atoms with Gasteiger partial charge in [-0.3, -0.25) is 9.78 Å². The van der Waals surface area contributed by atoms with Gasteiger partial charge in [-0.2, -0.15) is 5.10 Å². The van der Waals surface area contributed by atoms with Gasteiger partial charge >= 0.3 is 0 Å². The molecule has 0 atom stereocenters. The van der Waals surface area contributed by atoms with Crippen LogP contribution in [0.2, 0.25) is 0 Å². The van der Waals surface area contributed by atoms with Crippen LogP contribution in [-0.4, -0.2) is 17.1 Å². The standard InChI is InChI=1S/C27H21F2N3O3/c28-24-9-3-1-6-21(24)17-34-23-12-11-19(16-31-32-27(33)20-8-5-13-30-15-20)26(14-23)35-18-22-7-2-4-10-25(22)29/h1-16H,17-18H2,(H,32,33). The molecule has 8 heteroatoms. The Morgan fingerprint density at radius 1 is 0.886 bits per heavy atom. The third kappa shape index (κ3) is 6.48. The summed E-state index contributed by atoms with van der Waals surface area (Å²) in [6.07, 6.45) is 4.40. The third-order valence-electron chi connectivity index (χ3n) is 4.97. The van der Waals surface area contributed by atoms with Gasteiger partial charge in [0.05, 0.1) is 11.8 Å². The number of ether oxygens (including phenoxy) is 2. The molecule has 1 amide bonds. The zero-order chi connectivity index (χ0) is 24.5. The highest BCUT2D eigenvalue weighted by Crippen LogP contribution is 2.26. The minimum absolute atomic E-state index is 0.0219. The zero-order valence-corrected chi connectivity index (χ0v) is 18.5. The Balaban J connectivity index is 1.51. The summed E-state index contributed by atoms with van der Waals surface area (Å²) in [6.45, 7) is -0.0135. The number of benzene rings is 3. The summed E-state index contributed by atoms with van der Waals surface area (Å²) in [5, 5.41) is 3.99. The predicted octanol–water partition coefficient (Wildman–Crippen LogP) is 5.28. The van der Waals surface area contributed by atoms with E-state index in [0.717, 1.165) is 0 Å². The van der Waals surface area contributed by atoms with E-state index in [-0.39, 0.29) is 19.0 Å². The Bertz CT molecular complexity index is 1330. The molecule has 0 bridgehead atoms. The monoisotopic (exact) mass is 473 g/mol. The van der Waals surface area contributed by atoms with Gasteiger partial charge in [-0.1, -0.05) is 36.4 Å². The van der Waals surface area contributed by atoms with Crippen LogP contribution in [0.25, 0.3) is 0 Å². The van der Waals surface area contributed by atoms with Crippen molar-refractivity contribution in [2.45, 2.75) is 13.2 Å². The summed E-state index contributed by atoms with van der Waals surface area (Å²) in [5.74, 6) is -0.407. The number of halogens is 2. The lowest BCUT2D eigenvalue weighted by Crippen LogP contribution is -2.17. The van der Waals surface area contributed by atoms with Crippen molar-refractivity contribution < 1.29 is 23.0 Å². The summed E-state index contributed by atoms with van der Waals surface area (Å²) in [6, 6.07) is 20.8. The lowest BCUT2D eigenvalue weighted by atomic mass is 10.2. The Kier molecular flexibility index (Phi) is 7.75. The molecule has 0 aliphatic carbocycles. The van der Waals surface area contributed by atoms with Crippen molar-refractivity contribution in [2.75, 3.05) is 0 Å². The first-order valence-electron chi connectivity index (χ1n) is 10.7. The largest absolute Gasteiger partial charge is 0.489 e. The van der Waals surface area contributed by atoms with Crippen LogP contribution < -0.4 is 14.9 Å². The van der Waals surface area contributed by atoms with Crippen molar-refractivity contribution >= 4 is 12.1 Å². The smallest absolute Gasteiger partial charge is 0.272 e. The molecule has 0 aliphatic rings. The molecule has 4 rings (SSSR count).